The van der Waals surface area contributed by atoms with E-state index in [4.69, 9.17) is 0 Å². The van der Waals surface area contributed by atoms with Crippen molar-refractivity contribution in [3.05, 3.63) is 0 Å². The van der Waals surface area contributed by atoms with Gasteiger partial charge in [0, 0.05) is 13.1 Å². The van der Waals surface area contributed by atoms with Crippen LogP contribution in [0.3, 0.4) is 0 Å². The van der Waals surface area contributed by atoms with E-state index in [1.165, 1.54) is 4.90 Å². The lowest BCUT2D eigenvalue weighted by Gasteiger charge is -2.23. The molecule has 86 valence electrons. The Morgan fingerprint density at radius 2 is 1.87 bits per heavy atom. The summed E-state index contributed by atoms with van der Waals surface area (Å²) in [6, 6.07) is -0.375. The summed E-state index contributed by atoms with van der Waals surface area (Å²) in [6.45, 7) is 8.97. The molecule has 1 aliphatic heterocycles. The molecule has 0 aliphatic carbocycles. The van der Waals surface area contributed by atoms with Crippen LogP contribution in [0.4, 0.5) is 4.79 Å². The first-order valence-electron chi connectivity index (χ1n) is 5.66. The van der Waals surface area contributed by atoms with Gasteiger partial charge in [-0.05, 0) is 19.3 Å². The van der Waals surface area contributed by atoms with Crippen LogP contribution in [0, 0.1) is 5.92 Å². The lowest BCUT2D eigenvalue weighted by Crippen LogP contribution is -2.39. The van der Waals surface area contributed by atoms with Crippen LogP contribution in [-0.2, 0) is 4.79 Å². The van der Waals surface area contributed by atoms with Gasteiger partial charge in [-0.3, -0.25) is 9.69 Å². The minimum atomic E-state index is -0.252. The molecular weight excluding hydrogens is 192 g/mol. The van der Waals surface area contributed by atoms with E-state index in [1.807, 2.05) is 27.7 Å². The highest BCUT2D eigenvalue weighted by atomic mass is 16.2. The number of imide groups is 1. The molecule has 0 N–H and O–H groups in total. The van der Waals surface area contributed by atoms with Gasteiger partial charge in [0.25, 0.3) is 5.91 Å². The van der Waals surface area contributed by atoms with Crippen molar-refractivity contribution in [2.45, 2.75) is 40.2 Å². The largest absolute Gasteiger partial charge is 0.327 e. The fourth-order valence-corrected chi connectivity index (χ4v) is 2.07. The molecule has 1 unspecified atom stereocenters. The highest BCUT2D eigenvalue weighted by Gasteiger charge is 2.44. The lowest BCUT2D eigenvalue weighted by molar-refractivity contribution is -0.129. The maximum atomic E-state index is 11.9. The number of hydrogen-bond donors (Lipinski definition) is 0. The van der Waals surface area contributed by atoms with Gasteiger partial charge in [-0.25, -0.2) is 4.79 Å². The van der Waals surface area contributed by atoms with E-state index in [2.05, 4.69) is 0 Å². The van der Waals surface area contributed by atoms with Gasteiger partial charge in [-0.15, -0.1) is 0 Å². The highest BCUT2D eigenvalue weighted by Crippen LogP contribution is 2.23. The molecule has 0 bridgehead atoms. The molecule has 0 saturated carbocycles. The predicted molar refractivity (Wildman–Crippen MR) is 58.4 cm³/mol. The Kier molecular flexibility index (Phi) is 3.72. The molecule has 1 rings (SSSR count). The van der Waals surface area contributed by atoms with Crippen molar-refractivity contribution >= 4 is 11.9 Å². The zero-order valence-corrected chi connectivity index (χ0v) is 9.99. The molecule has 4 nitrogen and oxygen atoms in total. The number of rotatable bonds is 4. The summed E-state index contributed by atoms with van der Waals surface area (Å²) in [5.74, 6) is 0.149. The molecule has 1 atom stereocenters. The number of carbonyl (C=O) groups is 2. The predicted octanol–water partition coefficient (Wildman–Crippen LogP) is 1.71. The standard InChI is InChI=1S/C11H20N2O2/c1-5-7-13-9(8(3)4)10(14)12(6-2)11(13)15/h8-9H,5-7H2,1-4H3. The summed E-state index contributed by atoms with van der Waals surface area (Å²) in [7, 11) is 0. The van der Waals surface area contributed by atoms with E-state index in [-0.39, 0.29) is 23.9 Å². The molecule has 4 heteroatoms. The van der Waals surface area contributed by atoms with Crippen LogP contribution in [0.5, 0.6) is 0 Å². The summed E-state index contributed by atoms with van der Waals surface area (Å²) < 4.78 is 0. The van der Waals surface area contributed by atoms with Crippen molar-refractivity contribution in [1.29, 1.82) is 0 Å². The first kappa shape index (κ1) is 12.0. The van der Waals surface area contributed by atoms with Gasteiger partial charge in [-0.2, -0.15) is 0 Å². The third-order valence-electron chi connectivity index (χ3n) is 2.74. The molecule has 1 fully saturated rings. The molecule has 0 aromatic carbocycles. The van der Waals surface area contributed by atoms with E-state index in [9.17, 15) is 9.59 Å². The average Bonchev–Trinajstić information content (AvgIpc) is 2.39. The van der Waals surface area contributed by atoms with Gasteiger partial charge in [0.05, 0.1) is 0 Å². The van der Waals surface area contributed by atoms with E-state index in [0.717, 1.165) is 6.42 Å². The van der Waals surface area contributed by atoms with Gasteiger partial charge in [0.15, 0.2) is 0 Å². The van der Waals surface area contributed by atoms with Crippen LogP contribution >= 0.6 is 0 Å². The van der Waals surface area contributed by atoms with Crippen molar-refractivity contribution in [1.82, 2.24) is 9.80 Å². The highest BCUT2D eigenvalue weighted by molar-refractivity contribution is 6.04. The SMILES string of the molecule is CCCN1C(=O)N(CC)C(=O)C1C(C)C. The van der Waals surface area contributed by atoms with Gasteiger partial charge >= 0.3 is 6.03 Å². The summed E-state index contributed by atoms with van der Waals surface area (Å²) >= 11 is 0. The summed E-state index contributed by atoms with van der Waals surface area (Å²) in [6.07, 6.45) is 0.889. The lowest BCUT2D eigenvalue weighted by atomic mass is 10.0. The second-order valence-corrected chi connectivity index (χ2v) is 4.25. The van der Waals surface area contributed by atoms with Crippen LogP contribution in [0.2, 0.25) is 0 Å². The topological polar surface area (TPSA) is 40.6 Å². The third-order valence-corrected chi connectivity index (χ3v) is 2.74. The Balaban J connectivity index is 2.92. The van der Waals surface area contributed by atoms with Crippen LogP contribution in [0.1, 0.15) is 34.1 Å². The van der Waals surface area contributed by atoms with Crippen molar-refractivity contribution in [2.24, 2.45) is 5.92 Å². The summed E-state index contributed by atoms with van der Waals surface area (Å²) in [5.41, 5.74) is 0. The molecule has 3 amide bonds. The fraction of sp³-hybridized carbons (Fsp3) is 0.818. The van der Waals surface area contributed by atoms with Crippen LogP contribution < -0.4 is 0 Å². The third kappa shape index (κ3) is 1.98. The molecule has 1 aliphatic rings. The van der Waals surface area contributed by atoms with Crippen molar-refractivity contribution in [3.63, 3.8) is 0 Å². The Bertz CT molecular complexity index is 263. The second kappa shape index (κ2) is 4.64. The minimum Gasteiger partial charge on any atom is -0.312 e. The summed E-state index contributed by atoms with van der Waals surface area (Å²) in [4.78, 5) is 26.9. The van der Waals surface area contributed by atoms with Crippen molar-refractivity contribution in [3.8, 4) is 0 Å². The Morgan fingerprint density at radius 1 is 1.27 bits per heavy atom. The number of carbonyl (C=O) groups excluding carboxylic acids is 2. The zero-order valence-electron chi connectivity index (χ0n) is 9.99. The first-order chi connectivity index (χ1) is 7.04. The van der Waals surface area contributed by atoms with Crippen molar-refractivity contribution in [2.75, 3.05) is 13.1 Å². The quantitative estimate of drug-likeness (QED) is 0.665. The molecule has 15 heavy (non-hydrogen) atoms. The van der Waals surface area contributed by atoms with Gasteiger partial charge in [0.1, 0.15) is 6.04 Å². The Morgan fingerprint density at radius 3 is 2.27 bits per heavy atom. The number of urea groups is 1. The Labute approximate surface area is 91.2 Å². The van der Waals surface area contributed by atoms with Gasteiger partial charge in [0.2, 0.25) is 0 Å². The summed E-state index contributed by atoms with van der Waals surface area (Å²) in [5, 5.41) is 0. The van der Waals surface area contributed by atoms with Crippen LogP contribution in [0.25, 0.3) is 0 Å². The maximum absolute atomic E-state index is 11.9. The maximum Gasteiger partial charge on any atom is 0.327 e. The zero-order chi connectivity index (χ0) is 11.6. The molecule has 0 aromatic heterocycles. The molecule has 0 aromatic rings. The van der Waals surface area contributed by atoms with E-state index in [0.29, 0.717) is 13.1 Å². The van der Waals surface area contributed by atoms with Gasteiger partial charge < -0.3 is 4.90 Å². The van der Waals surface area contributed by atoms with E-state index < -0.39 is 0 Å². The Hall–Kier alpha value is -1.06. The smallest absolute Gasteiger partial charge is 0.312 e. The number of hydrogen-bond acceptors (Lipinski definition) is 2. The van der Waals surface area contributed by atoms with Crippen LogP contribution in [-0.4, -0.2) is 40.9 Å². The fourth-order valence-electron chi connectivity index (χ4n) is 2.07. The van der Waals surface area contributed by atoms with Crippen LogP contribution in [0.15, 0.2) is 0 Å². The second-order valence-electron chi connectivity index (χ2n) is 4.25. The minimum absolute atomic E-state index is 0.0362. The molecule has 1 saturated heterocycles. The molecule has 1 heterocycles. The van der Waals surface area contributed by atoms with Crippen molar-refractivity contribution < 1.29 is 9.59 Å². The normalized spacial score (nSPS) is 22.1. The molecule has 0 radical (unpaired) electrons. The van der Waals surface area contributed by atoms with Gasteiger partial charge in [-0.1, -0.05) is 20.8 Å². The molecular formula is C11H20N2O2. The first-order valence-corrected chi connectivity index (χ1v) is 5.66. The monoisotopic (exact) mass is 212 g/mol. The average molecular weight is 212 g/mol. The number of amides is 3. The number of likely N-dealkylation sites (N-methyl/N-ethyl adjacent to an activating group) is 1. The van der Waals surface area contributed by atoms with E-state index in [1.54, 1.807) is 4.90 Å². The number of nitrogens with zero attached hydrogens (tertiary/aromatic N) is 2. The molecule has 0 spiro atoms. The van der Waals surface area contributed by atoms with E-state index >= 15 is 0 Å².